The van der Waals surface area contributed by atoms with Crippen LogP contribution in [0.3, 0.4) is 0 Å². The van der Waals surface area contributed by atoms with Crippen molar-refractivity contribution >= 4 is 11.6 Å². The number of likely N-dealkylation sites (N-methyl/N-ethyl adjacent to an activating group) is 1. The maximum atomic E-state index is 16.1. The summed E-state index contributed by atoms with van der Waals surface area (Å²) in [5.74, 6) is 0.549. The summed E-state index contributed by atoms with van der Waals surface area (Å²) in [7, 11) is 1.85. The van der Waals surface area contributed by atoms with E-state index in [0.717, 1.165) is 50.5 Å². The summed E-state index contributed by atoms with van der Waals surface area (Å²) in [4.78, 5) is 26.3. The highest BCUT2D eigenvalue weighted by atomic mass is 19.1. The molecule has 2 aromatic heterocycles. The fraction of sp³-hybridized carbons (Fsp3) is 0.724. The van der Waals surface area contributed by atoms with Gasteiger partial charge < -0.3 is 19.5 Å². The highest BCUT2D eigenvalue weighted by molar-refractivity contribution is 5.91. The molecular formula is C29H38F2N6O3. The molecule has 7 rings (SSSR count). The number of halogens is 2. The molecule has 1 N–H and O–H groups in total. The molecule has 2 aliphatic heterocycles. The lowest BCUT2D eigenvalue weighted by Crippen LogP contribution is -2.57. The molecule has 40 heavy (non-hydrogen) atoms. The van der Waals surface area contributed by atoms with E-state index in [1.54, 1.807) is 0 Å². The maximum absolute atomic E-state index is 16.1. The van der Waals surface area contributed by atoms with Crippen molar-refractivity contribution in [2.45, 2.75) is 100 Å². The number of likely N-dealkylation sites (tertiary alicyclic amines) is 1. The summed E-state index contributed by atoms with van der Waals surface area (Å²) in [6.45, 7) is 3.80. The molecule has 5 aliphatic rings. The molecule has 216 valence electrons. The van der Waals surface area contributed by atoms with E-state index >= 15 is 4.39 Å². The minimum Gasteiger partial charge on any atom is -0.474 e. The van der Waals surface area contributed by atoms with Crippen molar-refractivity contribution in [1.82, 2.24) is 25.3 Å². The smallest absolute Gasteiger partial charge is 0.256 e. The number of alkyl halides is 1. The lowest BCUT2D eigenvalue weighted by molar-refractivity contribution is -0.128. The topological polar surface area (TPSA) is 96.6 Å². The number of nitrogens with one attached hydrogen (secondary N) is 1. The number of anilines is 1. The van der Waals surface area contributed by atoms with Crippen LogP contribution in [0.4, 0.5) is 14.6 Å². The quantitative estimate of drug-likeness (QED) is 0.591. The summed E-state index contributed by atoms with van der Waals surface area (Å²) in [5.41, 5.74) is 0.680. The highest BCUT2D eigenvalue weighted by Crippen LogP contribution is 2.48. The SMILES string of the molecule is C[C@H]1CN(c2nc(-c3noc4c3CCC[C@@]43CCCCC3=O)nc(OC[C@@H]3C[C@@H](F)CN3C)c2F)CC2(CC2)N1. The number of fused-ring (bicyclic) bond motifs is 2. The first kappa shape index (κ1) is 26.3. The van der Waals surface area contributed by atoms with E-state index in [2.05, 4.69) is 22.4 Å². The molecule has 0 radical (unpaired) electrons. The zero-order valence-electron chi connectivity index (χ0n) is 23.3. The standard InChI is InChI=1S/C29H38F2N6O3/c1-17-13-37(16-28(34-17)10-11-28)26-22(31)27(39-15-19-12-18(30)14-36(19)2)33-25(32-26)23-20-6-5-9-29(24(20)40-35-23)8-4-3-7-21(29)38/h17-19,34H,3-16H2,1-2H3/t17-,18+,19-,29+/m0/s1. The van der Waals surface area contributed by atoms with Gasteiger partial charge >= 0.3 is 0 Å². The van der Waals surface area contributed by atoms with Crippen molar-refractivity contribution in [2.24, 2.45) is 0 Å². The van der Waals surface area contributed by atoms with E-state index in [1.165, 1.54) is 0 Å². The summed E-state index contributed by atoms with van der Waals surface area (Å²) in [5, 5.41) is 8.06. The molecule has 2 aromatic rings. The predicted octanol–water partition coefficient (Wildman–Crippen LogP) is 3.74. The largest absolute Gasteiger partial charge is 0.474 e. The second-order valence-electron chi connectivity index (χ2n) is 12.8. The molecule has 0 aromatic carbocycles. The average molecular weight is 557 g/mol. The Bertz CT molecular complexity index is 1310. The van der Waals surface area contributed by atoms with Crippen LogP contribution in [-0.2, 0) is 16.6 Å². The van der Waals surface area contributed by atoms with Crippen LogP contribution in [0.15, 0.2) is 4.52 Å². The first-order chi connectivity index (χ1) is 19.3. The third-order valence-electron chi connectivity index (χ3n) is 9.80. The Labute approximate surface area is 233 Å². The van der Waals surface area contributed by atoms with Gasteiger partial charge in [0.05, 0.1) is 5.41 Å². The van der Waals surface area contributed by atoms with Gasteiger partial charge in [-0.25, -0.2) is 9.37 Å². The second-order valence-corrected chi connectivity index (χ2v) is 12.8. The minimum atomic E-state index is -0.923. The molecule has 2 spiro atoms. The number of hydrogen-bond acceptors (Lipinski definition) is 9. The average Bonchev–Trinajstić information content (AvgIpc) is 3.35. The highest BCUT2D eigenvalue weighted by Gasteiger charge is 2.50. The van der Waals surface area contributed by atoms with Crippen LogP contribution in [0.25, 0.3) is 11.5 Å². The number of hydrogen-bond donors (Lipinski definition) is 1. The third kappa shape index (κ3) is 4.40. The monoisotopic (exact) mass is 556 g/mol. The zero-order chi connectivity index (χ0) is 27.6. The molecule has 0 amide bonds. The molecule has 2 saturated heterocycles. The van der Waals surface area contributed by atoms with E-state index in [9.17, 15) is 9.18 Å². The molecule has 4 fully saturated rings. The summed E-state index contributed by atoms with van der Waals surface area (Å²) >= 11 is 0. The Balaban J connectivity index is 1.28. The molecule has 0 bridgehead atoms. The number of nitrogens with zero attached hydrogens (tertiary/aromatic N) is 5. The normalized spacial score (nSPS) is 31.6. The summed E-state index contributed by atoms with van der Waals surface area (Å²) in [6, 6.07) is 0.00577. The molecule has 9 nitrogen and oxygen atoms in total. The van der Waals surface area contributed by atoms with Crippen LogP contribution >= 0.6 is 0 Å². The Morgan fingerprint density at radius 1 is 1.12 bits per heavy atom. The molecule has 11 heteroatoms. The number of carbonyl (C=O) groups excluding carboxylic acids is 1. The van der Waals surface area contributed by atoms with E-state index in [4.69, 9.17) is 14.2 Å². The van der Waals surface area contributed by atoms with Gasteiger partial charge in [-0.05, 0) is 65.3 Å². The van der Waals surface area contributed by atoms with Crippen LogP contribution in [0.5, 0.6) is 5.88 Å². The molecule has 4 heterocycles. The van der Waals surface area contributed by atoms with Crippen molar-refractivity contribution in [3.63, 3.8) is 0 Å². The number of aromatic nitrogens is 3. The number of ether oxygens (including phenoxy) is 1. The molecule has 3 aliphatic carbocycles. The number of ketones is 1. The Kier molecular flexibility index (Phi) is 6.38. The Morgan fingerprint density at radius 3 is 2.70 bits per heavy atom. The van der Waals surface area contributed by atoms with Gasteiger partial charge in [-0.1, -0.05) is 11.6 Å². The zero-order valence-corrected chi connectivity index (χ0v) is 23.3. The van der Waals surface area contributed by atoms with Gasteiger partial charge in [0.15, 0.2) is 23.1 Å². The summed E-state index contributed by atoms with van der Waals surface area (Å²) in [6.07, 6.45) is 7.04. The number of piperazine rings is 1. The van der Waals surface area contributed by atoms with Crippen molar-refractivity contribution in [3.05, 3.63) is 17.1 Å². The van der Waals surface area contributed by atoms with Gasteiger partial charge in [-0.15, -0.1) is 0 Å². The van der Waals surface area contributed by atoms with Crippen LogP contribution in [0.2, 0.25) is 0 Å². The number of Topliss-reactive ketones (excluding diaryl/α,β-unsaturated/α-hetero) is 1. The Morgan fingerprint density at radius 2 is 1.95 bits per heavy atom. The van der Waals surface area contributed by atoms with Gasteiger partial charge in [-0.3, -0.25) is 9.69 Å². The van der Waals surface area contributed by atoms with E-state index in [1.807, 2.05) is 16.8 Å². The van der Waals surface area contributed by atoms with Crippen LogP contribution < -0.4 is 15.0 Å². The fourth-order valence-corrected chi connectivity index (χ4v) is 7.57. The van der Waals surface area contributed by atoms with Crippen LogP contribution in [0, 0.1) is 5.82 Å². The predicted molar refractivity (Wildman–Crippen MR) is 144 cm³/mol. The molecular weight excluding hydrogens is 518 g/mol. The van der Waals surface area contributed by atoms with Gasteiger partial charge in [0.1, 0.15) is 18.6 Å². The fourth-order valence-electron chi connectivity index (χ4n) is 7.57. The number of carbonyl (C=O) groups is 1. The molecule has 2 saturated carbocycles. The van der Waals surface area contributed by atoms with E-state index in [0.29, 0.717) is 50.4 Å². The first-order valence-corrected chi connectivity index (χ1v) is 14.9. The number of rotatable bonds is 5. The van der Waals surface area contributed by atoms with Gasteiger partial charge in [0.2, 0.25) is 5.82 Å². The van der Waals surface area contributed by atoms with Crippen LogP contribution in [-0.4, -0.2) is 82.9 Å². The maximum Gasteiger partial charge on any atom is 0.256 e. The Hall–Kier alpha value is -2.66. The van der Waals surface area contributed by atoms with Crippen molar-refractivity contribution < 1.29 is 22.8 Å². The third-order valence-corrected chi connectivity index (χ3v) is 9.80. The molecule has 0 unspecified atom stereocenters. The van der Waals surface area contributed by atoms with Crippen molar-refractivity contribution in [2.75, 3.05) is 38.2 Å². The van der Waals surface area contributed by atoms with Gasteiger partial charge in [-0.2, -0.15) is 9.37 Å². The van der Waals surface area contributed by atoms with E-state index < -0.39 is 17.4 Å². The van der Waals surface area contributed by atoms with Crippen molar-refractivity contribution in [1.29, 1.82) is 0 Å². The van der Waals surface area contributed by atoms with Gasteiger partial charge in [0.25, 0.3) is 5.88 Å². The second kappa shape index (κ2) is 9.72. The minimum absolute atomic E-state index is 0.0142. The summed E-state index contributed by atoms with van der Waals surface area (Å²) < 4.78 is 42.0. The van der Waals surface area contributed by atoms with Crippen LogP contribution in [0.1, 0.15) is 76.0 Å². The lowest BCUT2D eigenvalue weighted by Gasteiger charge is -2.39. The van der Waals surface area contributed by atoms with Gasteiger partial charge in [0, 0.05) is 49.2 Å². The lowest BCUT2D eigenvalue weighted by atomic mass is 9.64. The van der Waals surface area contributed by atoms with E-state index in [-0.39, 0.29) is 47.5 Å². The van der Waals surface area contributed by atoms with Crippen molar-refractivity contribution in [3.8, 4) is 17.4 Å². The first-order valence-electron chi connectivity index (χ1n) is 14.9. The molecule has 4 atom stereocenters.